The zero-order valence-corrected chi connectivity index (χ0v) is 17.4. The molecule has 0 atom stereocenters. The number of rotatable bonds is 4. The van der Waals surface area contributed by atoms with Gasteiger partial charge in [-0.1, -0.05) is 6.42 Å². The molecule has 3 heterocycles. The number of hydrogen-bond donors (Lipinski definition) is 1. The third-order valence-corrected chi connectivity index (χ3v) is 5.37. The number of nitrogens with zero attached hydrogens (tertiary/aromatic N) is 4. The lowest BCUT2D eigenvalue weighted by Crippen LogP contribution is -2.42. The van der Waals surface area contributed by atoms with E-state index in [9.17, 15) is 9.59 Å². The minimum atomic E-state index is -0.478. The first-order chi connectivity index (χ1) is 13.3. The van der Waals surface area contributed by atoms with Crippen molar-refractivity contribution in [3.63, 3.8) is 0 Å². The van der Waals surface area contributed by atoms with Crippen LogP contribution < -0.4 is 5.32 Å². The molecule has 1 N–H and O–H groups in total. The van der Waals surface area contributed by atoms with Crippen molar-refractivity contribution in [2.75, 3.05) is 13.1 Å². The number of aryl methyl sites for hydroxylation is 1. The van der Waals surface area contributed by atoms with Gasteiger partial charge in [0.2, 0.25) is 5.91 Å². The lowest BCUT2D eigenvalue weighted by Gasteiger charge is -2.33. The predicted molar refractivity (Wildman–Crippen MR) is 105 cm³/mol. The first-order valence-corrected chi connectivity index (χ1v) is 10.5. The highest BCUT2D eigenvalue weighted by atomic mass is 16.6. The number of nitrogens with one attached hydrogen (secondary N) is 1. The topological polar surface area (TPSA) is 89.3 Å². The summed E-state index contributed by atoms with van der Waals surface area (Å²) in [5.41, 5.74) is -0.478. The SMILES string of the molecule is CC(C)(C)OC(=O)N1CCC(CC(=O)NCc2nnc3n2CCCCC3)CC1. The van der Waals surface area contributed by atoms with E-state index in [0.29, 0.717) is 32.0 Å². The summed E-state index contributed by atoms with van der Waals surface area (Å²) in [6, 6.07) is 0. The quantitative estimate of drug-likeness (QED) is 0.852. The molecule has 8 heteroatoms. The van der Waals surface area contributed by atoms with E-state index in [1.54, 1.807) is 4.90 Å². The number of hydrogen-bond acceptors (Lipinski definition) is 5. The van der Waals surface area contributed by atoms with Crippen LogP contribution in [0.15, 0.2) is 0 Å². The predicted octanol–water partition coefficient (Wildman–Crippen LogP) is 2.66. The Morgan fingerprint density at radius 3 is 2.57 bits per heavy atom. The summed E-state index contributed by atoms with van der Waals surface area (Å²) in [4.78, 5) is 26.2. The molecule has 0 spiro atoms. The van der Waals surface area contributed by atoms with Crippen molar-refractivity contribution in [1.29, 1.82) is 0 Å². The van der Waals surface area contributed by atoms with Crippen molar-refractivity contribution >= 4 is 12.0 Å². The van der Waals surface area contributed by atoms with Gasteiger partial charge in [0, 0.05) is 32.5 Å². The van der Waals surface area contributed by atoms with E-state index in [-0.39, 0.29) is 12.0 Å². The Morgan fingerprint density at radius 2 is 1.86 bits per heavy atom. The van der Waals surface area contributed by atoms with Crippen LogP contribution in [0.2, 0.25) is 0 Å². The van der Waals surface area contributed by atoms with E-state index in [1.807, 2.05) is 20.8 Å². The van der Waals surface area contributed by atoms with Crippen molar-refractivity contribution in [1.82, 2.24) is 25.0 Å². The molecule has 1 aromatic heterocycles. The third kappa shape index (κ3) is 5.69. The molecular weight excluding hydrogens is 358 g/mol. The zero-order chi connectivity index (χ0) is 20.1. The van der Waals surface area contributed by atoms with E-state index in [2.05, 4.69) is 20.1 Å². The second kappa shape index (κ2) is 8.92. The third-order valence-electron chi connectivity index (χ3n) is 5.37. The number of piperidine rings is 1. The van der Waals surface area contributed by atoms with Gasteiger partial charge < -0.3 is 19.5 Å². The number of aromatic nitrogens is 3. The lowest BCUT2D eigenvalue weighted by atomic mass is 9.93. The van der Waals surface area contributed by atoms with Gasteiger partial charge in [-0.3, -0.25) is 4.79 Å². The molecule has 2 amide bonds. The molecule has 156 valence electrons. The molecule has 1 fully saturated rings. The number of likely N-dealkylation sites (tertiary alicyclic amines) is 1. The first-order valence-electron chi connectivity index (χ1n) is 10.5. The van der Waals surface area contributed by atoms with E-state index in [0.717, 1.165) is 50.3 Å². The molecule has 0 bridgehead atoms. The van der Waals surface area contributed by atoms with Gasteiger partial charge in [-0.15, -0.1) is 10.2 Å². The summed E-state index contributed by atoms with van der Waals surface area (Å²) >= 11 is 0. The van der Waals surface area contributed by atoms with Crippen molar-refractivity contribution in [3.05, 3.63) is 11.6 Å². The second-order valence-electron chi connectivity index (χ2n) is 8.89. The molecule has 0 saturated carbocycles. The van der Waals surface area contributed by atoms with Crippen LogP contribution in [0.5, 0.6) is 0 Å². The average molecular weight is 392 g/mol. The molecule has 2 aliphatic rings. The maximum absolute atomic E-state index is 12.4. The summed E-state index contributed by atoms with van der Waals surface area (Å²) in [5.74, 6) is 2.23. The Hall–Kier alpha value is -2.12. The fraction of sp³-hybridized carbons (Fsp3) is 0.800. The van der Waals surface area contributed by atoms with E-state index in [1.165, 1.54) is 6.42 Å². The van der Waals surface area contributed by atoms with Gasteiger partial charge >= 0.3 is 6.09 Å². The normalized spacial score (nSPS) is 18.3. The van der Waals surface area contributed by atoms with Crippen LogP contribution in [-0.4, -0.2) is 50.4 Å². The fourth-order valence-electron chi connectivity index (χ4n) is 3.83. The van der Waals surface area contributed by atoms with Gasteiger partial charge in [-0.05, 0) is 52.4 Å². The van der Waals surface area contributed by atoms with Crippen LogP contribution >= 0.6 is 0 Å². The molecular formula is C20H33N5O3. The van der Waals surface area contributed by atoms with Gasteiger partial charge in [0.1, 0.15) is 11.4 Å². The Kier molecular flexibility index (Phi) is 6.57. The molecule has 28 heavy (non-hydrogen) atoms. The fourth-order valence-corrected chi connectivity index (χ4v) is 3.83. The van der Waals surface area contributed by atoms with Gasteiger partial charge in [-0.2, -0.15) is 0 Å². The van der Waals surface area contributed by atoms with E-state index < -0.39 is 5.60 Å². The number of carbonyl (C=O) groups is 2. The molecule has 0 unspecified atom stereocenters. The highest BCUT2D eigenvalue weighted by molar-refractivity contribution is 5.76. The van der Waals surface area contributed by atoms with Gasteiger partial charge in [-0.25, -0.2) is 4.79 Å². The summed E-state index contributed by atoms with van der Waals surface area (Å²) in [6.45, 7) is 8.27. The van der Waals surface area contributed by atoms with Crippen LogP contribution in [-0.2, 0) is 29.0 Å². The number of amides is 2. The lowest BCUT2D eigenvalue weighted by molar-refractivity contribution is -0.122. The standard InChI is InChI=1S/C20H33N5O3/c1-20(2,3)28-19(27)24-11-8-15(9-12-24)13-18(26)21-14-17-23-22-16-7-5-4-6-10-25(16)17/h15H,4-14H2,1-3H3,(H,21,26). The molecule has 0 aromatic carbocycles. The molecule has 0 aliphatic carbocycles. The number of fused-ring (bicyclic) bond motifs is 1. The highest BCUT2D eigenvalue weighted by Gasteiger charge is 2.27. The molecule has 8 nitrogen and oxygen atoms in total. The molecule has 3 rings (SSSR count). The Bertz CT molecular complexity index is 687. The Morgan fingerprint density at radius 1 is 1.11 bits per heavy atom. The van der Waals surface area contributed by atoms with Crippen LogP contribution in [0.4, 0.5) is 4.79 Å². The maximum atomic E-state index is 12.4. The van der Waals surface area contributed by atoms with Crippen molar-refractivity contribution in [3.8, 4) is 0 Å². The summed E-state index contributed by atoms with van der Waals surface area (Å²) < 4.78 is 7.58. The van der Waals surface area contributed by atoms with Gasteiger partial charge in [0.15, 0.2) is 5.82 Å². The van der Waals surface area contributed by atoms with E-state index >= 15 is 0 Å². The summed E-state index contributed by atoms with van der Waals surface area (Å²) in [6.07, 6.45) is 6.37. The minimum absolute atomic E-state index is 0.0432. The molecule has 0 radical (unpaired) electrons. The van der Waals surface area contributed by atoms with Gasteiger partial charge in [0.05, 0.1) is 6.54 Å². The van der Waals surface area contributed by atoms with Crippen LogP contribution in [0.25, 0.3) is 0 Å². The smallest absolute Gasteiger partial charge is 0.410 e. The zero-order valence-electron chi connectivity index (χ0n) is 17.4. The van der Waals surface area contributed by atoms with Crippen molar-refractivity contribution < 1.29 is 14.3 Å². The van der Waals surface area contributed by atoms with Crippen molar-refractivity contribution in [2.45, 2.75) is 84.4 Å². The number of carbonyl (C=O) groups excluding carboxylic acids is 2. The second-order valence-corrected chi connectivity index (χ2v) is 8.89. The maximum Gasteiger partial charge on any atom is 0.410 e. The van der Waals surface area contributed by atoms with Crippen LogP contribution in [0, 0.1) is 5.92 Å². The van der Waals surface area contributed by atoms with Crippen molar-refractivity contribution in [2.24, 2.45) is 5.92 Å². The monoisotopic (exact) mass is 391 g/mol. The molecule has 2 aliphatic heterocycles. The Balaban J connectivity index is 1.41. The minimum Gasteiger partial charge on any atom is -0.444 e. The van der Waals surface area contributed by atoms with Crippen LogP contribution in [0.3, 0.4) is 0 Å². The summed E-state index contributed by atoms with van der Waals surface area (Å²) in [5, 5.41) is 11.5. The van der Waals surface area contributed by atoms with Crippen LogP contribution in [0.1, 0.15) is 70.9 Å². The highest BCUT2D eigenvalue weighted by Crippen LogP contribution is 2.22. The van der Waals surface area contributed by atoms with Gasteiger partial charge in [0.25, 0.3) is 0 Å². The molecule has 1 aromatic rings. The average Bonchev–Trinajstić information content (AvgIpc) is 2.85. The summed E-state index contributed by atoms with van der Waals surface area (Å²) in [7, 11) is 0. The van der Waals surface area contributed by atoms with E-state index in [4.69, 9.17) is 4.74 Å². The number of ether oxygens (including phenoxy) is 1. The molecule has 1 saturated heterocycles. The largest absolute Gasteiger partial charge is 0.444 e. The first kappa shape index (κ1) is 20.6. The Labute approximate surface area is 167 Å².